The van der Waals surface area contributed by atoms with E-state index in [2.05, 4.69) is 15.5 Å². The Hall–Kier alpha value is -3.81. The number of fused-ring (bicyclic) bond motifs is 1. The summed E-state index contributed by atoms with van der Waals surface area (Å²) in [5.74, 6) is 0.106. The van der Waals surface area contributed by atoms with Gasteiger partial charge in [0.25, 0.3) is 0 Å². The van der Waals surface area contributed by atoms with Crippen LogP contribution in [-0.2, 0) is 17.8 Å². The summed E-state index contributed by atoms with van der Waals surface area (Å²) in [6.45, 7) is 4.43. The molecule has 2 aromatic heterocycles. The SMILES string of the molecule is CC(C)(CC(=O)NCc1ccccc1)Cc1nnc2c(=O)n(-c3cccc(F)c3)ccn12. The van der Waals surface area contributed by atoms with Crippen LogP contribution in [0.4, 0.5) is 4.39 Å². The highest BCUT2D eigenvalue weighted by atomic mass is 19.1. The summed E-state index contributed by atoms with van der Waals surface area (Å²) in [6.07, 6.45) is 4.00. The molecule has 2 heterocycles. The number of halogens is 1. The highest BCUT2D eigenvalue weighted by molar-refractivity contribution is 5.76. The van der Waals surface area contributed by atoms with E-state index in [0.717, 1.165) is 5.56 Å². The van der Waals surface area contributed by atoms with Gasteiger partial charge in [0, 0.05) is 31.8 Å². The van der Waals surface area contributed by atoms with Gasteiger partial charge in [-0.05, 0) is 29.2 Å². The first-order valence-corrected chi connectivity index (χ1v) is 10.3. The standard InChI is InChI=1S/C24H24FN5O2/c1-24(2,15-21(31)26-16-17-7-4-3-5-8-17)14-20-27-28-22-23(32)29(11-12-30(20)22)19-10-6-9-18(25)13-19/h3-13H,14-16H2,1-2H3,(H,26,31). The maximum absolute atomic E-state index is 13.6. The lowest BCUT2D eigenvalue weighted by molar-refractivity contribution is -0.123. The molecule has 0 aliphatic rings. The van der Waals surface area contributed by atoms with E-state index in [1.54, 1.807) is 28.9 Å². The summed E-state index contributed by atoms with van der Waals surface area (Å²) in [4.78, 5) is 25.3. The zero-order valence-corrected chi connectivity index (χ0v) is 18.0. The number of benzene rings is 2. The van der Waals surface area contributed by atoms with Crippen molar-refractivity contribution >= 4 is 11.6 Å². The Labute approximate surface area is 184 Å². The molecule has 164 valence electrons. The van der Waals surface area contributed by atoms with Crippen LogP contribution in [0.15, 0.2) is 71.8 Å². The molecule has 0 radical (unpaired) electrons. The van der Waals surface area contributed by atoms with Crippen molar-refractivity contribution in [3.8, 4) is 5.69 Å². The summed E-state index contributed by atoms with van der Waals surface area (Å²) in [5, 5.41) is 11.2. The van der Waals surface area contributed by atoms with Gasteiger partial charge in [0.2, 0.25) is 11.6 Å². The van der Waals surface area contributed by atoms with Gasteiger partial charge in [-0.1, -0.05) is 50.2 Å². The second kappa shape index (κ2) is 8.74. The van der Waals surface area contributed by atoms with E-state index in [-0.39, 0.29) is 11.6 Å². The third kappa shape index (κ3) is 4.74. The number of nitrogens with one attached hydrogen (secondary N) is 1. The molecule has 0 fully saturated rings. The quantitative estimate of drug-likeness (QED) is 0.485. The highest BCUT2D eigenvalue weighted by Gasteiger charge is 2.25. The van der Waals surface area contributed by atoms with E-state index in [0.29, 0.717) is 30.9 Å². The molecule has 0 aliphatic carbocycles. The van der Waals surface area contributed by atoms with E-state index in [9.17, 15) is 14.0 Å². The van der Waals surface area contributed by atoms with Crippen LogP contribution in [0.3, 0.4) is 0 Å². The van der Waals surface area contributed by atoms with Gasteiger partial charge in [0.15, 0.2) is 0 Å². The smallest absolute Gasteiger partial charge is 0.300 e. The Morgan fingerprint density at radius 2 is 1.84 bits per heavy atom. The zero-order valence-electron chi connectivity index (χ0n) is 18.0. The molecule has 32 heavy (non-hydrogen) atoms. The summed E-state index contributed by atoms with van der Waals surface area (Å²) >= 11 is 0. The molecule has 0 aliphatic heterocycles. The van der Waals surface area contributed by atoms with Crippen LogP contribution >= 0.6 is 0 Å². The highest BCUT2D eigenvalue weighted by Crippen LogP contribution is 2.25. The van der Waals surface area contributed by atoms with Crippen molar-refractivity contribution in [3.63, 3.8) is 0 Å². The van der Waals surface area contributed by atoms with Crippen molar-refractivity contribution < 1.29 is 9.18 Å². The minimum absolute atomic E-state index is 0.0545. The number of rotatable bonds is 7. The fourth-order valence-corrected chi connectivity index (χ4v) is 3.67. The first-order chi connectivity index (χ1) is 15.3. The normalized spacial score (nSPS) is 11.6. The Kier molecular flexibility index (Phi) is 5.85. The number of carbonyl (C=O) groups is 1. The van der Waals surface area contributed by atoms with Gasteiger partial charge in [-0.3, -0.25) is 18.6 Å². The van der Waals surface area contributed by atoms with Crippen LogP contribution in [0.1, 0.15) is 31.7 Å². The van der Waals surface area contributed by atoms with Crippen LogP contribution in [0.5, 0.6) is 0 Å². The molecule has 1 amide bonds. The van der Waals surface area contributed by atoms with Gasteiger partial charge in [0.1, 0.15) is 11.6 Å². The molecular formula is C24H24FN5O2. The number of amides is 1. The van der Waals surface area contributed by atoms with Gasteiger partial charge in [0.05, 0.1) is 5.69 Å². The molecule has 0 saturated heterocycles. The largest absolute Gasteiger partial charge is 0.352 e. The van der Waals surface area contributed by atoms with Crippen molar-refractivity contribution in [2.45, 2.75) is 33.2 Å². The van der Waals surface area contributed by atoms with Gasteiger partial charge >= 0.3 is 5.56 Å². The third-order valence-electron chi connectivity index (χ3n) is 5.24. The summed E-state index contributed by atoms with van der Waals surface area (Å²) < 4.78 is 16.5. The van der Waals surface area contributed by atoms with E-state index in [1.807, 2.05) is 44.2 Å². The van der Waals surface area contributed by atoms with Crippen LogP contribution < -0.4 is 10.9 Å². The van der Waals surface area contributed by atoms with Gasteiger partial charge in [-0.2, -0.15) is 0 Å². The Balaban J connectivity index is 1.49. The lowest BCUT2D eigenvalue weighted by Crippen LogP contribution is -2.30. The average molecular weight is 433 g/mol. The Morgan fingerprint density at radius 1 is 1.06 bits per heavy atom. The monoisotopic (exact) mass is 433 g/mol. The molecule has 7 nitrogen and oxygen atoms in total. The maximum atomic E-state index is 13.6. The first kappa shape index (κ1) is 21.4. The van der Waals surface area contributed by atoms with E-state index < -0.39 is 16.8 Å². The van der Waals surface area contributed by atoms with E-state index in [4.69, 9.17) is 0 Å². The second-order valence-electron chi connectivity index (χ2n) is 8.54. The minimum atomic E-state index is -0.427. The number of hydrogen-bond acceptors (Lipinski definition) is 4. The molecule has 1 N–H and O–H groups in total. The molecule has 0 unspecified atom stereocenters. The molecule has 0 atom stereocenters. The molecule has 4 rings (SSSR count). The van der Waals surface area contributed by atoms with Crippen molar-refractivity contribution in [2.24, 2.45) is 5.41 Å². The van der Waals surface area contributed by atoms with Gasteiger partial charge in [-0.15, -0.1) is 10.2 Å². The number of hydrogen-bond donors (Lipinski definition) is 1. The van der Waals surface area contributed by atoms with Crippen molar-refractivity contribution in [3.05, 3.63) is 94.5 Å². The Bertz CT molecular complexity index is 1310. The average Bonchev–Trinajstić information content (AvgIpc) is 3.16. The maximum Gasteiger partial charge on any atom is 0.300 e. The first-order valence-electron chi connectivity index (χ1n) is 10.3. The van der Waals surface area contributed by atoms with Crippen LogP contribution in [0, 0.1) is 11.2 Å². The topological polar surface area (TPSA) is 81.3 Å². The zero-order chi connectivity index (χ0) is 22.7. The van der Waals surface area contributed by atoms with E-state index >= 15 is 0 Å². The summed E-state index contributed by atoms with van der Waals surface area (Å²) in [7, 11) is 0. The number of nitrogens with zero attached hydrogens (tertiary/aromatic N) is 4. The van der Waals surface area contributed by atoms with Crippen molar-refractivity contribution in [1.82, 2.24) is 24.5 Å². The summed E-state index contributed by atoms with van der Waals surface area (Å²) in [5.41, 5.74) is 0.807. The van der Waals surface area contributed by atoms with Crippen LogP contribution in [0.2, 0.25) is 0 Å². The number of carbonyl (C=O) groups excluding carboxylic acids is 1. The molecule has 4 aromatic rings. The molecule has 0 bridgehead atoms. The molecule has 0 saturated carbocycles. The number of aromatic nitrogens is 4. The lowest BCUT2D eigenvalue weighted by atomic mass is 9.85. The van der Waals surface area contributed by atoms with E-state index in [1.165, 1.54) is 16.7 Å². The predicted octanol–water partition coefficient (Wildman–Crippen LogP) is 3.29. The van der Waals surface area contributed by atoms with Crippen molar-refractivity contribution in [2.75, 3.05) is 0 Å². The Morgan fingerprint density at radius 3 is 2.59 bits per heavy atom. The fourth-order valence-electron chi connectivity index (χ4n) is 3.67. The van der Waals surface area contributed by atoms with Crippen LogP contribution in [0.25, 0.3) is 11.3 Å². The molecule has 8 heteroatoms. The van der Waals surface area contributed by atoms with Gasteiger partial charge in [-0.25, -0.2) is 4.39 Å². The third-order valence-corrected chi connectivity index (χ3v) is 5.24. The summed E-state index contributed by atoms with van der Waals surface area (Å²) in [6, 6.07) is 15.5. The fraction of sp³-hybridized carbons (Fsp3) is 0.250. The van der Waals surface area contributed by atoms with Crippen molar-refractivity contribution in [1.29, 1.82) is 0 Å². The predicted molar refractivity (Wildman–Crippen MR) is 119 cm³/mol. The minimum Gasteiger partial charge on any atom is -0.352 e. The molecule has 2 aromatic carbocycles. The van der Waals surface area contributed by atoms with Gasteiger partial charge < -0.3 is 5.32 Å². The second-order valence-corrected chi connectivity index (χ2v) is 8.54. The lowest BCUT2D eigenvalue weighted by Gasteiger charge is -2.23. The van der Waals surface area contributed by atoms with Crippen LogP contribution in [-0.4, -0.2) is 25.1 Å². The molecular weight excluding hydrogens is 409 g/mol. The molecule has 0 spiro atoms.